The number of hydrogen-bond donors (Lipinski definition) is 0. The van der Waals surface area contributed by atoms with E-state index in [2.05, 4.69) is 10.1 Å². The standard InChI is InChI=1S/C21H26N4O4S/c1-14-17(15(2)25(23-14)16-10-11-30(27,28)13-16)12-24(3)21(26)9-8-20-22-18-6-4-5-7-19(18)29-20/h4-7,16H,8-13H2,1-3H3. The first-order valence-electron chi connectivity index (χ1n) is 10.1. The Morgan fingerprint density at radius 1 is 1.30 bits per heavy atom. The van der Waals surface area contributed by atoms with Gasteiger partial charge in [-0.15, -0.1) is 0 Å². The second kappa shape index (κ2) is 7.86. The SMILES string of the molecule is Cc1nn(C2CCS(=O)(=O)C2)c(C)c1CN(C)C(=O)CCc1nc2ccccc2o1. The second-order valence-electron chi connectivity index (χ2n) is 7.98. The third-order valence-corrected chi connectivity index (χ3v) is 7.49. The summed E-state index contributed by atoms with van der Waals surface area (Å²) in [5.41, 5.74) is 4.24. The molecule has 1 atom stereocenters. The van der Waals surface area contributed by atoms with Gasteiger partial charge in [0, 0.05) is 37.7 Å². The van der Waals surface area contributed by atoms with Gasteiger partial charge in [0.1, 0.15) is 5.52 Å². The van der Waals surface area contributed by atoms with E-state index in [0.717, 1.165) is 28.1 Å². The smallest absolute Gasteiger partial charge is 0.223 e. The Kier molecular flexibility index (Phi) is 5.40. The van der Waals surface area contributed by atoms with Crippen LogP contribution in [0.3, 0.4) is 0 Å². The Morgan fingerprint density at radius 2 is 2.07 bits per heavy atom. The van der Waals surface area contributed by atoms with Gasteiger partial charge in [0.2, 0.25) is 5.91 Å². The molecule has 0 aliphatic carbocycles. The van der Waals surface area contributed by atoms with E-state index in [-0.39, 0.29) is 23.5 Å². The van der Waals surface area contributed by atoms with Crippen molar-refractivity contribution in [1.82, 2.24) is 19.7 Å². The van der Waals surface area contributed by atoms with Crippen molar-refractivity contribution in [2.24, 2.45) is 0 Å². The van der Waals surface area contributed by atoms with Crippen LogP contribution in [0.4, 0.5) is 0 Å². The van der Waals surface area contributed by atoms with Crippen LogP contribution in [0.15, 0.2) is 28.7 Å². The molecule has 3 heterocycles. The first-order chi connectivity index (χ1) is 14.2. The van der Waals surface area contributed by atoms with Gasteiger partial charge < -0.3 is 9.32 Å². The molecule has 160 valence electrons. The third kappa shape index (κ3) is 4.12. The number of rotatable bonds is 6. The first kappa shape index (κ1) is 20.6. The monoisotopic (exact) mass is 430 g/mol. The predicted octanol–water partition coefficient (Wildman–Crippen LogP) is 2.59. The maximum Gasteiger partial charge on any atom is 0.223 e. The molecular formula is C21H26N4O4S. The van der Waals surface area contributed by atoms with Gasteiger partial charge in [-0.05, 0) is 32.4 Å². The molecule has 2 aromatic heterocycles. The molecule has 1 aliphatic rings. The Balaban J connectivity index is 1.40. The predicted molar refractivity (Wildman–Crippen MR) is 113 cm³/mol. The Hall–Kier alpha value is -2.68. The largest absolute Gasteiger partial charge is 0.441 e. The van der Waals surface area contributed by atoms with E-state index in [9.17, 15) is 13.2 Å². The summed E-state index contributed by atoms with van der Waals surface area (Å²) < 4.78 is 31.2. The van der Waals surface area contributed by atoms with E-state index >= 15 is 0 Å². The zero-order valence-electron chi connectivity index (χ0n) is 17.5. The molecule has 0 bridgehead atoms. The summed E-state index contributed by atoms with van der Waals surface area (Å²) in [6.07, 6.45) is 1.33. The highest BCUT2D eigenvalue weighted by atomic mass is 32.2. The molecule has 0 spiro atoms. The van der Waals surface area contributed by atoms with Gasteiger partial charge in [0.15, 0.2) is 21.3 Å². The summed E-state index contributed by atoms with van der Waals surface area (Å²) in [6, 6.07) is 7.41. The van der Waals surface area contributed by atoms with Crippen LogP contribution in [0.1, 0.15) is 41.7 Å². The molecule has 1 aromatic carbocycles. The maximum absolute atomic E-state index is 12.7. The van der Waals surface area contributed by atoms with Gasteiger partial charge in [-0.2, -0.15) is 5.10 Å². The van der Waals surface area contributed by atoms with Crippen LogP contribution in [-0.2, 0) is 27.6 Å². The molecule has 0 radical (unpaired) electrons. The number of hydrogen-bond acceptors (Lipinski definition) is 6. The van der Waals surface area contributed by atoms with Gasteiger partial charge in [0.05, 0.1) is 23.2 Å². The number of aromatic nitrogens is 3. The summed E-state index contributed by atoms with van der Waals surface area (Å²) >= 11 is 0. The molecule has 0 saturated carbocycles. The van der Waals surface area contributed by atoms with Crippen molar-refractivity contribution in [2.75, 3.05) is 18.6 Å². The molecule has 3 aromatic rings. The van der Waals surface area contributed by atoms with E-state index in [1.807, 2.05) is 42.8 Å². The lowest BCUT2D eigenvalue weighted by atomic mass is 10.1. The van der Waals surface area contributed by atoms with Crippen molar-refractivity contribution in [3.05, 3.63) is 47.1 Å². The van der Waals surface area contributed by atoms with Gasteiger partial charge >= 0.3 is 0 Å². The number of oxazole rings is 1. The minimum atomic E-state index is -2.98. The van der Waals surface area contributed by atoms with Crippen molar-refractivity contribution >= 4 is 26.8 Å². The van der Waals surface area contributed by atoms with Crippen LogP contribution in [0.2, 0.25) is 0 Å². The summed E-state index contributed by atoms with van der Waals surface area (Å²) in [6.45, 7) is 4.28. The molecule has 9 heteroatoms. The maximum atomic E-state index is 12.7. The Labute approximate surface area is 175 Å². The van der Waals surface area contributed by atoms with Gasteiger partial charge in [-0.25, -0.2) is 13.4 Å². The molecule has 0 N–H and O–H groups in total. The average molecular weight is 431 g/mol. The van der Waals surface area contributed by atoms with E-state index in [1.54, 1.807) is 11.9 Å². The average Bonchev–Trinajstić information content (AvgIpc) is 3.36. The third-order valence-electron chi connectivity index (χ3n) is 5.74. The molecule has 30 heavy (non-hydrogen) atoms. The zero-order valence-corrected chi connectivity index (χ0v) is 18.3. The minimum absolute atomic E-state index is 0.00718. The van der Waals surface area contributed by atoms with Crippen molar-refractivity contribution in [1.29, 1.82) is 0 Å². The van der Waals surface area contributed by atoms with Crippen molar-refractivity contribution in [3.8, 4) is 0 Å². The number of nitrogens with zero attached hydrogens (tertiary/aromatic N) is 4. The lowest BCUT2D eigenvalue weighted by Gasteiger charge is -2.18. The van der Waals surface area contributed by atoms with Crippen LogP contribution in [0.5, 0.6) is 0 Å². The molecule has 1 fully saturated rings. The summed E-state index contributed by atoms with van der Waals surface area (Å²) in [5, 5.41) is 4.58. The highest BCUT2D eigenvalue weighted by molar-refractivity contribution is 7.91. The fourth-order valence-corrected chi connectivity index (χ4v) is 5.70. The van der Waals surface area contributed by atoms with Gasteiger partial charge in [-0.1, -0.05) is 12.1 Å². The number of sulfone groups is 1. The van der Waals surface area contributed by atoms with E-state index in [4.69, 9.17) is 4.42 Å². The molecular weight excluding hydrogens is 404 g/mol. The highest BCUT2D eigenvalue weighted by Crippen LogP contribution is 2.27. The normalized spacial score (nSPS) is 18.2. The number of fused-ring (bicyclic) bond motifs is 1. The van der Waals surface area contributed by atoms with Crippen molar-refractivity contribution in [2.45, 2.75) is 45.7 Å². The topological polar surface area (TPSA) is 98.3 Å². The van der Waals surface area contributed by atoms with Crippen LogP contribution in [0.25, 0.3) is 11.1 Å². The molecule has 4 rings (SSSR count). The molecule has 1 amide bonds. The van der Waals surface area contributed by atoms with Crippen LogP contribution in [-0.4, -0.2) is 52.5 Å². The van der Waals surface area contributed by atoms with Crippen molar-refractivity contribution in [3.63, 3.8) is 0 Å². The van der Waals surface area contributed by atoms with Crippen LogP contribution in [0, 0.1) is 13.8 Å². The van der Waals surface area contributed by atoms with E-state index in [1.165, 1.54) is 0 Å². The van der Waals surface area contributed by atoms with Crippen LogP contribution < -0.4 is 0 Å². The van der Waals surface area contributed by atoms with Gasteiger partial charge in [-0.3, -0.25) is 9.48 Å². The first-order valence-corrected chi connectivity index (χ1v) is 11.9. The summed E-state index contributed by atoms with van der Waals surface area (Å²) in [7, 11) is -1.22. The number of carbonyl (C=O) groups is 1. The number of carbonyl (C=O) groups excluding carboxylic acids is 1. The fourth-order valence-electron chi connectivity index (χ4n) is 4.01. The molecule has 1 aliphatic heterocycles. The fraction of sp³-hybridized carbons (Fsp3) is 0.476. The highest BCUT2D eigenvalue weighted by Gasteiger charge is 2.31. The number of benzene rings is 1. The summed E-state index contributed by atoms with van der Waals surface area (Å²) in [4.78, 5) is 18.7. The minimum Gasteiger partial charge on any atom is -0.441 e. The molecule has 8 nitrogen and oxygen atoms in total. The van der Waals surface area contributed by atoms with E-state index < -0.39 is 9.84 Å². The van der Waals surface area contributed by atoms with Gasteiger partial charge in [0.25, 0.3) is 0 Å². The molecule has 1 saturated heterocycles. The number of amides is 1. The van der Waals surface area contributed by atoms with Crippen LogP contribution >= 0.6 is 0 Å². The Bertz CT molecular complexity index is 1160. The zero-order chi connectivity index (χ0) is 21.5. The lowest BCUT2D eigenvalue weighted by Crippen LogP contribution is -2.27. The Morgan fingerprint density at radius 3 is 2.77 bits per heavy atom. The number of aryl methyl sites for hydroxylation is 2. The quantitative estimate of drug-likeness (QED) is 0.596. The molecule has 1 unspecified atom stereocenters. The van der Waals surface area contributed by atoms with Crippen molar-refractivity contribution < 1.29 is 17.6 Å². The second-order valence-corrected chi connectivity index (χ2v) is 10.2. The lowest BCUT2D eigenvalue weighted by molar-refractivity contribution is -0.130. The summed E-state index contributed by atoms with van der Waals surface area (Å²) in [5.74, 6) is 0.889. The number of para-hydroxylation sites is 2. The van der Waals surface area contributed by atoms with E-state index in [0.29, 0.717) is 31.7 Å².